The quantitative estimate of drug-likeness (QED) is 0.908. The smallest absolute Gasteiger partial charge is 0.119 e. The van der Waals surface area contributed by atoms with Gasteiger partial charge in [0.25, 0.3) is 0 Å². The van der Waals surface area contributed by atoms with Gasteiger partial charge in [-0.3, -0.25) is 0 Å². The predicted octanol–water partition coefficient (Wildman–Crippen LogP) is 3.38. The third kappa shape index (κ3) is 2.31. The van der Waals surface area contributed by atoms with Crippen LogP contribution in [0.1, 0.15) is 31.5 Å². The molecule has 1 aromatic carbocycles. The van der Waals surface area contributed by atoms with Crippen LogP contribution in [0.3, 0.4) is 0 Å². The van der Waals surface area contributed by atoms with Crippen molar-refractivity contribution >= 4 is 10.9 Å². The van der Waals surface area contributed by atoms with Crippen molar-refractivity contribution in [1.82, 2.24) is 9.88 Å². The van der Waals surface area contributed by atoms with Crippen molar-refractivity contribution < 1.29 is 4.74 Å². The first-order chi connectivity index (χ1) is 9.72. The summed E-state index contributed by atoms with van der Waals surface area (Å²) in [5.74, 6) is 0.946. The summed E-state index contributed by atoms with van der Waals surface area (Å²) in [4.78, 5) is 6.20. The molecule has 3 heteroatoms. The summed E-state index contributed by atoms with van der Waals surface area (Å²) in [5.41, 5.74) is 4.16. The van der Waals surface area contributed by atoms with Crippen LogP contribution in [-0.4, -0.2) is 36.1 Å². The molecular weight excluding hydrogens is 248 g/mol. The lowest BCUT2D eigenvalue weighted by Gasteiger charge is -2.30. The summed E-state index contributed by atoms with van der Waals surface area (Å²) in [6.07, 6.45) is 3.50. The molecule has 1 aliphatic rings. The number of H-pyrrole nitrogens is 1. The molecule has 20 heavy (non-hydrogen) atoms. The van der Waals surface area contributed by atoms with E-state index >= 15 is 0 Å². The van der Waals surface area contributed by atoms with Crippen molar-refractivity contribution in [3.05, 3.63) is 29.5 Å². The van der Waals surface area contributed by atoms with Gasteiger partial charge in [0.05, 0.1) is 7.11 Å². The number of nitrogens with zero attached hydrogens (tertiary/aromatic N) is 1. The SMILES string of the molecule is CCN1CCCc2[nH]c3ccc(OC)cc3c2CC1C. The van der Waals surface area contributed by atoms with Gasteiger partial charge < -0.3 is 14.6 Å². The maximum absolute atomic E-state index is 5.38. The fourth-order valence-electron chi connectivity index (χ4n) is 3.43. The maximum Gasteiger partial charge on any atom is 0.119 e. The summed E-state index contributed by atoms with van der Waals surface area (Å²) in [6.45, 7) is 6.95. The molecule has 1 aromatic heterocycles. The summed E-state index contributed by atoms with van der Waals surface area (Å²) >= 11 is 0. The Kier molecular flexibility index (Phi) is 3.70. The van der Waals surface area contributed by atoms with Crippen LogP contribution in [0.2, 0.25) is 0 Å². The Morgan fingerprint density at radius 3 is 3.00 bits per heavy atom. The van der Waals surface area contributed by atoms with Crippen LogP contribution in [0.4, 0.5) is 0 Å². The second-order valence-corrected chi connectivity index (χ2v) is 5.78. The molecule has 0 radical (unpaired) electrons. The summed E-state index contributed by atoms with van der Waals surface area (Å²) < 4.78 is 5.38. The molecule has 1 N–H and O–H groups in total. The largest absolute Gasteiger partial charge is 0.497 e. The molecule has 1 unspecified atom stereocenters. The average molecular weight is 272 g/mol. The highest BCUT2D eigenvalue weighted by atomic mass is 16.5. The molecule has 0 fully saturated rings. The molecule has 108 valence electrons. The van der Waals surface area contributed by atoms with Crippen LogP contribution in [0, 0.1) is 0 Å². The van der Waals surface area contributed by atoms with Crippen LogP contribution in [0.15, 0.2) is 18.2 Å². The second kappa shape index (κ2) is 5.49. The van der Waals surface area contributed by atoms with E-state index < -0.39 is 0 Å². The Labute approximate surface area is 120 Å². The fraction of sp³-hybridized carbons (Fsp3) is 0.529. The molecule has 0 saturated heterocycles. The molecule has 0 saturated carbocycles. The number of aryl methyl sites for hydroxylation is 1. The molecule has 2 heterocycles. The zero-order valence-corrected chi connectivity index (χ0v) is 12.7. The first kappa shape index (κ1) is 13.5. The normalized spacial score (nSPS) is 20.4. The van der Waals surface area contributed by atoms with Crippen molar-refractivity contribution in [2.75, 3.05) is 20.2 Å². The third-order valence-electron chi connectivity index (χ3n) is 4.60. The van der Waals surface area contributed by atoms with Crippen LogP contribution >= 0.6 is 0 Å². The lowest BCUT2D eigenvalue weighted by atomic mass is 9.97. The Balaban J connectivity index is 2.06. The number of aromatic amines is 1. The first-order valence-electron chi connectivity index (χ1n) is 7.64. The number of benzene rings is 1. The van der Waals surface area contributed by atoms with Gasteiger partial charge >= 0.3 is 0 Å². The molecule has 2 aromatic rings. The van der Waals surface area contributed by atoms with Crippen LogP contribution in [0.25, 0.3) is 10.9 Å². The van der Waals surface area contributed by atoms with Gasteiger partial charge in [-0.25, -0.2) is 0 Å². The Morgan fingerprint density at radius 2 is 2.25 bits per heavy atom. The molecule has 0 bridgehead atoms. The lowest BCUT2D eigenvalue weighted by molar-refractivity contribution is 0.211. The van der Waals surface area contributed by atoms with E-state index in [9.17, 15) is 0 Å². The minimum absolute atomic E-state index is 0.601. The van der Waals surface area contributed by atoms with E-state index in [1.807, 2.05) is 6.07 Å². The molecule has 0 aliphatic carbocycles. The summed E-state index contributed by atoms with van der Waals surface area (Å²) in [6, 6.07) is 6.95. The monoisotopic (exact) mass is 272 g/mol. The number of hydrogen-bond acceptors (Lipinski definition) is 2. The highest BCUT2D eigenvalue weighted by Crippen LogP contribution is 2.30. The van der Waals surface area contributed by atoms with E-state index in [0.717, 1.165) is 25.1 Å². The van der Waals surface area contributed by atoms with Crippen molar-refractivity contribution in [3.63, 3.8) is 0 Å². The Morgan fingerprint density at radius 1 is 1.40 bits per heavy atom. The van der Waals surface area contributed by atoms with E-state index in [-0.39, 0.29) is 0 Å². The standard InChI is InChI=1S/C17H24N2O/c1-4-19-9-5-6-16-14(10-12(19)2)15-11-13(20-3)7-8-17(15)18-16/h7-8,11-12,18H,4-6,9-10H2,1-3H3. The Bertz CT molecular complexity index is 602. The second-order valence-electron chi connectivity index (χ2n) is 5.78. The lowest BCUT2D eigenvalue weighted by Crippen LogP contribution is -2.36. The van der Waals surface area contributed by atoms with Crippen LogP contribution in [0.5, 0.6) is 5.75 Å². The van der Waals surface area contributed by atoms with Crippen molar-refractivity contribution in [2.24, 2.45) is 0 Å². The first-order valence-corrected chi connectivity index (χ1v) is 7.64. The molecule has 3 rings (SSSR count). The number of ether oxygens (including phenoxy) is 1. The van der Waals surface area contributed by atoms with Gasteiger partial charge in [-0.15, -0.1) is 0 Å². The molecule has 3 nitrogen and oxygen atoms in total. The van der Waals surface area contributed by atoms with E-state index in [0.29, 0.717) is 6.04 Å². The van der Waals surface area contributed by atoms with Gasteiger partial charge in [-0.05, 0) is 63.0 Å². The third-order valence-corrected chi connectivity index (χ3v) is 4.60. The number of likely N-dealkylation sites (N-methyl/N-ethyl adjacent to an activating group) is 1. The number of fused-ring (bicyclic) bond motifs is 3. The molecular formula is C17H24N2O. The number of aromatic nitrogens is 1. The number of nitrogens with one attached hydrogen (secondary N) is 1. The Hall–Kier alpha value is -1.48. The topological polar surface area (TPSA) is 28.3 Å². The van der Waals surface area contributed by atoms with Gasteiger partial charge in [0.1, 0.15) is 5.75 Å². The predicted molar refractivity (Wildman–Crippen MR) is 83.6 cm³/mol. The number of methoxy groups -OCH3 is 1. The van der Waals surface area contributed by atoms with Gasteiger partial charge in [0, 0.05) is 22.6 Å². The van der Waals surface area contributed by atoms with Crippen LogP contribution < -0.4 is 4.74 Å². The molecule has 1 atom stereocenters. The molecule has 0 amide bonds. The fourth-order valence-corrected chi connectivity index (χ4v) is 3.43. The average Bonchev–Trinajstić information content (AvgIpc) is 2.78. The van der Waals surface area contributed by atoms with Gasteiger partial charge in [-0.2, -0.15) is 0 Å². The summed E-state index contributed by atoms with van der Waals surface area (Å²) in [5, 5.41) is 1.34. The van der Waals surface area contributed by atoms with Gasteiger partial charge in [0.15, 0.2) is 0 Å². The van der Waals surface area contributed by atoms with Crippen molar-refractivity contribution in [2.45, 2.75) is 39.2 Å². The number of rotatable bonds is 2. The van der Waals surface area contributed by atoms with E-state index in [4.69, 9.17) is 4.74 Å². The van der Waals surface area contributed by atoms with E-state index in [1.165, 1.54) is 35.1 Å². The van der Waals surface area contributed by atoms with E-state index in [2.05, 4.69) is 35.9 Å². The zero-order valence-electron chi connectivity index (χ0n) is 12.7. The van der Waals surface area contributed by atoms with Crippen molar-refractivity contribution in [1.29, 1.82) is 0 Å². The maximum atomic E-state index is 5.38. The van der Waals surface area contributed by atoms with E-state index in [1.54, 1.807) is 7.11 Å². The van der Waals surface area contributed by atoms with Gasteiger partial charge in [0.2, 0.25) is 0 Å². The number of hydrogen-bond donors (Lipinski definition) is 1. The highest BCUT2D eigenvalue weighted by molar-refractivity contribution is 5.86. The minimum Gasteiger partial charge on any atom is -0.497 e. The van der Waals surface area contributed by atoms with Crippen molar-refractivity contribution in [3.8, 4) is 5.75 Å². The minimum atomic E-state index is 0.601. The summed E-state index contributed by atoms with van der Waals surface area (Å²) in [7, 11) is 1.74. The molecule has 1 aliphatic heterocycles. The molecule has 0 spiro atoms. The van der Waals surface area contributed by atoms with Gasteiger partial charge in [-0.1, -0.05) is 6.92 Å². The van der Waals surface area contributed by atoms with Crippen LogP contribution in [-0.2, 0) is 12.8 Å². The highest BCUT2D eigenvalue weighted by Gasteiger charge is 2.21. The zero-order chi connectivity index (χ0) is 14.1.